The van der Waals surface area contributed by atoms with Crippen molar-refractivity contribution >= 4 is 23.1 Å². The van der Waals surface area contributed by atoms with E-state index in [1.165, 1.54) is 23.1 Å². The number of aliphatic hydroxyl groups is 1. The molecule has 1 amide bonds. The van der Waals surface area contributed by atoms with Crippen molar-refractivity contribution in [3.05, 3.63) is 75.3 Å². The Hall–Kier alpha value is -3.72. The predicted molar refractivity (Wildman–Crippen MR) is 121 cm³/mol. The van der Waals surface area contributed by atoms with Crippen molar-refractivity contribution in [3.8, 4) is 5.75 Å². The van der Waals surface area contributed by atoms with Crippen LogP contribution < -0.4 is 4.74 Å². The lowest BCUT2D eigenvalue weighted by atomic mass is 9.94. The van der Waals surface area contributed by atoms with Gasteiger partial charge in [0.05, 0.1) is 28.7 Å². The third-order valence-electron chi connectivity index (χ3n) is 5.30. The Morgan fingerprint density at radius 1 is 1.09 bits per heavy atom. The summed E-state index contributed by atoms with van der Waals surface area (Å²) in [7, 11) is 0. The molecule has 174 valence electrons. The van der Waals surface area contributed by atoms with Crippen LogP contribution in [0.3, 0.4) is 0 Å². The lowest BCUT2D eigenvalue weighted by molar-refractivity contribution is -0.385. The molecule has 9 heteroatoms. The average molecular weight is 454 g/mol. The molecule has 3 rings (SSSR count). The fourth-order valence-corrected chi connectivity index (χ4v) is 3.83. The second-order valence-electron chi connectivity index (χ2n) is 7.32. The van der Waals surface area contributed by atoms with E-state index in [2.05, 4.69) is 0 Å². The molecule has 1 atom stereocenters. The summed E-state index contributed by atoms with van der Waals surface area (Å²) in [5.74, 6) is -1.52. The second kappa shape index (κ2) is 10.7. The maximum Gasteiger partial charge on any atom is 0.295 e. The molecule has 1 fully saturated rings. The van der Waals surface area contributed by atoms with Gasteiger partial charge in [0.1, 0.15) is 11.5 Å². The highest BCUT2D eigenvalue weighted by molar-refractivity contribution is 6.46. The maximum absolute atomic E-state index is 13.0. The van der Waals surface area contributed by atoms with Gasteiger partial charge in [0.15, 0.2) is 0 Å². The minimum Gasteiger partial charge on any atom is -0.507 e. The van der Waals surface area contributed by atoms with E-state index in [9.17, 15) is 24.8 Å². The molecule has 1 aliphatic rings. The summed E-state index contributed by atoms with van der Waals surface area (Å²) in [6.45, 7) is 5.16. The number of nitrogens with zero attached hydrogens (tertiary/aromatic N) is 2. The number of aliphatic hydroxyl groups excluding tert-OH is 1. The van der Waals surface area contributed by atoms with E-state index in [0.717, 1.165) is 0 Å². The highest BCUT2D eigenvalue weighted by Gasteiger charge is 2.47. The lowest BCUT2D eigenvalue weighted by Gasteiger charge is -2.25. The summed E-state index contributed by atoms with van der Waals surface area (Å²) in [5, 5.41) is 22.8. The lowest BCUT2D eigenvalue weighted by Crippen LogP contribution is -2.31. The number of rotatable bonds is 10. The molecule has 0 aliphatic carbocycles. The number of carbonyl (C=O) groups excluding carboxylic acids is 2. The first-order valence-electron chi connectivity index (χ1n) is 10.7. The zero-order valence-electron chi connectivity index (χ0n) is 18.5. The van der Waals surface area contributed by atoms with E-state index >= 15 is 0 Å². The van der Waals surface area contributed by atoms with Crippen LogP contribution in [0.15, 0.2) is 54.1 Å². The number of hydrogen-bond acceptors (Lipinski definition) is 7. The molecule has 2 aromatic rings. The van der Waals surface area contributed by atoms with Crippen LogP contribution in [0, 0.1) is 10.1 Å². The summed E-state index contributed by atoms with van der Waals surface area (Å²) in [5.41, 5.74) is 0.0339. The molecule has 0 unspecified atom stereocenters. The number of benzene rings is 2. The molecular formula is C24H26N2O7. The van der Waals surface area contributed by atoms with E-state index in [4.69, 9.17) is 9.47 Å². The van der Waals surface area contributed by atoms with Crippen LogP contribution in [0.2, 0.25) is 0 Å². The molecule has 9 nitrogen and oxygen atoms in total. The van der Waals surface area contributed by atoms with Crippen molar-refractivity contribution in [1.29, 1.82) is 0 Å². The Labute approximate surface area is 191 Å². The normalized spacial score (nSPS) is 17.4. The first kappa shape index (κ1) is 23.9. The Bertz CT molecular complexity index is 1060. The van der Waals surface area contributed by atoms with Gasteiger partial charge in [-0.2, -0.15) is 0 Å². The van der Waals surface area contributed by atoms with Crippen molar-refractivity contribution < 1.29 is 29.1 Å². The largest absolute Gasteiger partial charge is 0.507 e. The first-order valence-corrected chi connectivity index (χ1v) is 10.7. The molecule has 0 aromatic heterocycles. The zero-order chi connectivity index (χ0) is 24.0. The van der Waals surface area contributed by atoms with Gasteiger partial charge in [-0.05, 0) is 50.6 Å². The van der Waals surface area contributed by atoms with Gasteiger partial charge in [-0.25, -0.2) is 0 Å². The van der Waals surface area contributed by atoms with Gasteiger partial charge < -0.3 is 19.5 Å². The number of amides is 1. The van der Waals surface area contributed by atoms with Crippen LogP contribution in [-0.4, -0.2) is 53.0 Å². The summed E-state index contributed by atoms with van der Waals surface area (Å²) < 4.78 is 10.7. The van der Waals surface area contributed by atoms with Crippen molar-refractivity contribution in [2.75, 3.05) is 26.4 Å². The molecule has 2 aromatic carbocycles. The molecule has 33 heavy (non-hydrogen) atoms. The summed E-state index contributed by atoms with van der Waals surface area (Å²) in [6, 6.07) is 11.2. The number of ketones is 1. The quantitative estimate of drug-likeness (QED) is 0.145. The molecular weight excluding hydrogens is 428 g/mol. The smallest absolute Gasteiger partial charge is 0.295 e. The summed E-state index contributed by atoms with van der Waals surface area (Å²) in [6.07, 6.45) is 0.432. The highest BCUT2D eigenvalue weighted by atomic mass is 16.6. The van der Waals surface area contributed by atoms with E-state index in [1.54, 1.807) is 30.3 Å². The fraction of sp³-hybridized carbons (Fsp3) is 0.333. The first-order chi connectivity index (χ1) is 15.9. The van der Waals surface area contributed by atoms with E-state index in [1.807, 2.05) is 13.8 Å². The molecule has 1 saturated heterocycles. The van der Waals surface area contributed by atoms with Crippen molar-refractivity contribution in [2.45, 2.75) is 26.3 Å². The number of para-hydroxylation sites is 1. The monoisotopic (exact) mass is 454 g/mol. The van der Waals surface area contributed by atoms with Crippen LogP contribution in [0.5, 0.6) is 5.75 Å². The molecule has 1 heterocycles. The average Bonchev–Trinajstić information content (AvgIpc) is 3.07. The van der Waals surface area contributed by atoms with Crippen LogP contribution in [-0.2, 0) is 14.3 Å². The molecule has 1 aliphatic heterocycles. The molecule has 0 saturated carbocycles. The third kappa shape index (κ3) is 5.04. The minimum absolute atomic E-state index is 0.140. The number of nitro groups is 1. The van der Waals surface area contributed by atoms with Crippen molar-refractivity contribution in [1.82, 2.24) is 4.90 Å². The Kier molecular flexibility index (Phi) is 7.78. The molecule has 0 radical (unpaired) electrons. The standard InChI is InChI=1S/C24H26N2O7/c1-3-32-15-7-14-25-21(18-8-5-6-9-19(18)26(30)31)20(23(28)24(25)29)22(27)16-10-12-17(13-11-16)33-4-2/h5-6,8-13,21,27H,3-4,7,14-15H2,1-2H3/t21-/m1/s1. The van der Waals surface area contributed by atoms with Crippen LogP contribution in [0.1, 0.15) is 37.4 Å². The highest BCUT2D eigenvalue weighted by Crippen LogP contribution is 2.42. The maximum atomic E-state index is 13.0. The number of hydrogen-bond donors (Lipinski definition) is 1. The van der Waals surface area contributed by atoms with Gasteiger partial charge in [-0.1, -0.05) is 12.1 Å². The van der Waals surface area contributed by atoms with Gasteiger partial charge in [0.2, 0.25) is 0 Å². The minimum atomic E-state index is -1.10. The van der Waals surface area contributed by atoms with Crippen molar-refractivity contribution in [3.63, 3.8) is 0 Å². The Balaban J connectivity index is 2.12. The van der Waals surface area contributed by atoms with Crippen LogP contribution >= 0.6 is 0 Å². The van der Waals surface area contributed by atoms with E-state index in [0.29, 0.717) is 37.6 Å². The van der Waals surface area contributed by atoms with Gasteiger partial charge in [0, 0.05) is 31.4 Å². The fourth-order valence-electron chi connectivity index (χ4n) is 3.83. The third-order valence-corrected chi connectivity index (χ3v) is 5.30. The number of nitro benzene ring substituents is 1. The number of Topliss-reactive ketones (excluding diaryl/α,β-unsaturated/α-hetero) is 1. The van der Waals surface area contributed by atoms with E-state index in [-0.39, 0.29) is 23.4 Å². The Morgan fingerprint density at radius 2 is 1.79 bits per heavy atom. The van der Waals surface area contributed by atoms with Gasteiger partial charge in [0.25, 0.3) is 17.4 Å². The van der Waals surface area contributed by atoms with Crippen molar-refractivity contribution in [2.24, 2.45) is 0 Å². The summed E-state index contributed by atoms with van der Waals surface area (Å²) in [4.78, 5) is 38.3. The summed E-state index contributed by atoms with van der Waals surface area (Å²) >= 11 is 0. The van der Waals surface area contributed by atoms with Gasteiger partial charge >= 0.3 is 0 Å². The Morgan fingerprint density at radius 3 is 2.42 bits per heavy atom. The molecule has 0 bridgehead atoms. The van der Waals surface area contributed by atoms with E-state index < -0.39 is 28.4 Å². The zero-order valence-corrected chi connectivity index (χ0v) is 18.5. The number of carbonyl (C=O) groups is 2. The number of ether oxygens (including phenoxy) is 2. The predicted octanol–water partition coefficient (Wildman–Crippen LogP) is 3.84. The SMILES string of the molecule is CCOCCCN1C(=O)C(=O)C(=C(O)c2ccc(OCC)cc2)[C@H]1c1ccccc1[N+](=O)[O-]. The molecule has 1 N–H and O–H groups in total. The van der Waals surface area contributed by atoms with Crippen LogP contribution in [0.4, 0.5) is 5.69 Å². The van der Waals surface area contributed by atoms with Gasteiger partial charge in [-0.3, -0.25) is 19.7 Å². The second-order valence-corrected chi connectivity index (χ2v) is 7.32. The van der Waals surface area contributed by atoms with Crippen LogP contribution in [0.25, 0.3) is 5.76 Å². The number of likely N-dealkylation sites (tertiary alicyclic amines) is 1. The topological polar surface area (TPSA) is 119 Å². The molecule has 0 spiro atoms. The van der Waals surface area contributed by atoms with Gasteiger partial charge in [-0.15, -0.1) is 0 Å².